The summed E-state index contributed by atoms with van der Waals surface area (Å²) in [6, 6.07) is 0.307. The average Bonchev–Trinajstić information content (AvgIpc) is 2.54. The Kier molecular flexibility index (Phi) is 3.55. The number of primary amides is 1. The first-order chi connectivity index (χ1) is 6.92. The van der Waals surface area contributed by atoms with Gasteiger partial charge >= 0.3 is 0 Å². The molecule has 0 aliphatic heterocycles. The van der Waals surface area contributed by atoms with Crippen LogP contribution in [0.3, 0.4) is 0 Å². The van der Waals surface area contributed by atoms with E-state index >= 15 is 0 Å². The Bertz CT molecular complexity index is 267. The third-order valence-electron chi connectivity index (χ3n) is 2.70. The largest absolute Gasteiger partial charge is 0.370 e. The number of nitrogens with one attached hydrogen (secondary N) is 1. The lowest BCUT2D eigenvalue weighted by molar-refractivity contribution is -0.122. The topological polar surface area (TPSA) is 93.5 Å². The summed E-state index contributed by atoms with van der Waals surface area (Å²) in [5, 5.41) is 2.84. The second kappa shape index (κ2) is 4.51. The lowest BCUT2D eigenvalue weighted by Crippen LogP contribution is -2.55. The van der Waals surface area contributed by atoms with Gasteiger partial charge in [-0.1, -0.05) is 12.8 Å². The number of nitrogens with two attached hydrogens (primary N) is 2. The van der Waals surface area contributed by atoms with Crippen LogP contribution in [0.4, 0.5) is 0 Å². The van der Waals surface area contributed by atoms with Crippen LogP contribution in [0.15, 0.2) is 4.99 Å². The van der Waals surface area contributed by atoms with Crippen LogP contribution in [0, 0.1) is 0 Å². The number of hydrogen-bond acceptors (Lipinski definition) is 2. The number of carbonyl (C=O) groups is 1. The van der Waals surface area contributed by atoms with Gasteiger partial charge in [-0.3, -0.25) is 9.79 Å². The molecule has 5 nitrogen and oxygen atoms in total. The molecule has 1 aliphatic carbocycles. The highest BCUT2D eigenvalue weighted by Crippen LogP contribution is 2.20. The molecule has 1 aliphatic rings. The van der Waals surface area contributed by atoms with E-state index in [9.17, 15) is 4.79 Å². The zero-order valence-corrected chi connectivity index (χ0v) is 9.42. The van der Waals surface area contributed by atoms with Gasteiger partial charge in [0.15, 0.2) is 5.96 Å². The minimum Gasteiger partial charge on any atom is -0.370 e. The first kappa shape index (κ1) is 11.8. The predicted octanol–water partition coefficient (Wildman–Crippen LogP) is 0.0972. The first-order valence-electron chi connectivity index (χ1n) is 5.33. The minimum atomic E-state index is -0.841. The molecule has 0 aromatic heterocycles. The van der Waals surface area contributed by atoms with E-state index < -0.39 is 11.4 Å². The molecule has 0 saturated heterocycles. The van der Waals surface area contributed by atoms with Crippen molar-refractivity contribution in [3.8, 4) is 0 Å². The van der Waals surface area contributed by atoms with E-state index in [1.165, 1.54) is 12.8 Å². The molecule has 0 radical (unpaired) electrons. The van der Waals surface area contributed by atoms with Crippen LogP contribution >= 0.6 is 0 Å². The second-order valence-electron chi connectivity index (χ2n) is 4.57. The van der Waals surface area contributed by atoms with Gasteiger partial charge in [0, 0.05) is 0 Å². The zero-order chi connectivity index (χ0) is 11.5. The Balaban J connectivity index is 2.53. The van der Waals surface area contributed by atoms with E-state index in [1.54, 1.807) is 13.8 Å². The fourth-order valence-electron chi connectivity index (χ4n) is 1.64. The molecule has 1 saturated carbocycles. The van der Waals surface area contributed by atoms with Gasteiger partial charge in [0.25, 0.3) is 0 Å². The Hall–Kier alpha value is -1.26. The second-order valence-corrected chi connectivity index (χ2v) is 4.57. The molecular weight excluding hydrogens is 192 g/mol. The normalized spacial score (nSPS) is 19.2. The lowest BCUT2D eigenvalue weighted by Gasteiger charge is -2.23. The van der Waals surface area contributed by atoms with Crippen LogP contribution in [0.2, 0.25) is 0 Å². The van der Waals surface area contributed by atoms with Crippen molar-refractivity contribution in [2.45, 2.75) is 51.1 Å². The third-order valence-corrected chi connectivity index (χ3v) is 2.70. The molecule has 1 rings (SSSR count). The summed E-state index contributed by atoms with van der Waals surface area (Å²) in [4.78, 5) is 15.4. The van der Waals surface area contributed by atoms with E-state index in [0.717, 1.165) is 12.8 Å². The van der Waals surface area contributed by atoms with Crippen molar-refractivity contribution in [1.82, 2.24) is 5.32 Å². The van der Waals surface area contributed by atoms with Gasteiger partial charge in [0.2, 0.25) is 5.91 Å². The van der Waals surface area contributed by atoms with Gasteiger partial charge in [-0.25, -0.2) is 0 Å². The maximum Gasteiger partial charge on any atom is 0.242 e. The SMILES string of the molecule is CC(C)(NC(N)=NC1CCCC1)C(N)=O. The number of nitrogens with zero attached hydrogens (tertiary/aromatic N) is 1. The molecule has 0 atom stereocenters. The number of aliphatic imine (C=N–C) groups is 1. The Labute approximate surface area is 90.3 Å². The van der Waals surface area contributed by atoms with Gasteiger partial charge in [-0.05, 0) is 26.7 Å². The van der Waals surface area contributed by atoms with Crippen LogP contribution in [0.25, 0.3) is 0 Å². The van der Waals surface area contributed by atoms with Crippen molar-refractivity contribution in [3.05, 3.63) is 0 Å². The monoisotopic (exact) mass is 212 g/mol. The van der Waals surface area contributed by atoms with Crippen molar-refractivity contribution in [1.29, 1.82) is 0 Å². The quantitative estimate of drug-likeness (QED) is 0.457. The summed E-state index contributed by atoms with van der Waals surface area (Å²) in [6.45, 7) is 3.37. The summed E-state index contributed by atoms with van der Waals surface area (Å²) in [5.74, 6) is -0.127. The van der Waals surface area contributed by atoms with E-state index in [0.29, 0.717) is 12.0 Å². The van der Waals surface area contributed by atoms with Crippen molar-refractivity contribution in [3.63, 3.8) is 0 Å². The summed E-state index contributed by atoms with van der Waals surface area (Å²) in [6.07, 6.45) is 4.58. The van der Waals surface area contributed by atoms with Gasteiger partial charge in [0.05, 0.1) is 6.04 Å². The third kappa shape index (κ3) is 3.42. The first-order valence-corrected chi connectivity index (χ1v) is 5.33. The molecule has 1 amide bonds. The molecule has 86 valence electrons. The van der Waals surface area contributed by atoms with Crippen LogP contribution in [-0.4, -0.2) is 23.4 Å². The standard InChI is InChI=1S/C10H20N4O/c1-10(2,8(11)15)14-9(12)13-7-5-3-4-6-7/h7H,3-6H2,1-2H3,(H2,11,15)(H3,12,13,14). The average molecular weight is 212 g/mol. The number of amides is 1. The summed E-state index contributed by atoms with van der Waals surface area (Å²) < 4.78 is 0. The predicted molar refractivity (Wildman–Crippen MR) is 60.3 cm³/mol. The highest BCUT2D eigenvalue weighted by Gasteiger charge is 2.25. The summed E-state index contributed by atoms with van der Waals surface area (Å²) >= 11 is 0. The number of hydrogen-bond donors (Lipinski definition) is 3. The molecule has 0 spiro atoms. The Morgan fingerprint density at radius 2 is 1.87 bits per heavy atom. The number of guanidine groups is 1. The van der Waals surface area contributed by atoms with Crippen molar-refractivity contribution < 1.29 is 4.79 Å². The molecule has 0 bridgehead atoms. The van der Waals surface area contributed by atoms with Gasteiger partial charge in [-0.15, -0.1) is 0 Å². The van der Waals surface area contributed by atoms with Crippen molar-refractivity contribution >= 4 is 11.9 Å². The minimum absolute atomic E-state index is 0.307. The highest BCUT2D eigenvalue weighted by atomic mass is 16.1. The molecule has 5 N–H and O–H groups in total. The molecular formula is C10H20N4O. The van der Waals surface area contributed by atoms with E-state index in [2.05, 4.69) is 10.3 Å². The van der Waals surface area contributed by atoms with E-state index in [1.807, 2.05) is 0 Å². The maximum atomic E-state index is 11.0. The lowest BCUT2D eigenvalue weighted by atomic mass is 10.1. The zero-order valence-electron chi connectivity index (χ0n) is 9.42. The van der Waals surface area contributed by atoms with Gasteiger partial charge in [0.1, 0.15) is 5.54 Å². The molecule has 0 heterocycles. The van der Waals surface area contributed by atoms with Gasteiger partial charge in [-0.2, -0.15) is 0 Å². The molecule has 0 aromatic rings. The van der Waals surface area contributed by atoms with Crippen molar-refractivity contribution in [2.75, 3.05) is 0 Å². The van der Waals surface area contributed by atoms with Crippen molar-refractivity contribution in [2.24, 2.45) is 16.5 Å². The van der Waals surface area contributed by atoms with Crippen LogP contribution in [0.1, 0.15) is 39.5 Å². The van der Waals surface area contributed by atoms with E-state index in [-0.39, 0.29) is 0 Å². The van der Waals surface area contributed by atoms with Crippen LogP contribution < -0.4 is 16.8 Å². The molecule has 0 aromatic carbocycles. The number of carbonyl (C=O) groups excluding carboxylic acids is 1. The molecule has 5 heteroatoms. The molecule has 0 unspecified atom stereocenters. The Morgan fingerprint density at radius 1 is 1.33 bits per heavy atom. The van der Waals surface area contributed by atoms with Gasteiger partial charge < -0.3 is 16.8 Å². The highest BCUT2D eigenvalue weighted by molar-refractivity contribution is 5.90. The van der Waals surface area contributed by atoms with Crippen LogP contribution in [0.5, 0.6) is 0 Å². The molecule has 1 fully saturated rings. The fourth-order valence-corrected chi connectivity index (χ4v) is 1.64. The number of rotatable bonds is 3. The fraction of sp³-hybridized carbons (Fsp3) is 0.800. The van der Waals surface area contributed by atoms with E-state index in [4.69, 9.17) is 11.5 Å². The Morgan fingerprint density at radius 3 is 2.33 bits per heavy atom. The maximum absolute atomic E-state index is 11.0. The van der Waals surface area contributed by atoms with Crippen LogP contribution in [-0.2, 0) is 4.79 Å². The smallest absolute Gasteiger partial charge is 0.242 e. The summed E-state index contributed by atoms with van der Waals surface area (Å²) in [5.41, 5.74) is 10.1. The molecule has 15 heavy (non-hydrogen) atoms. The summed E-state index contributed by atoms with van der Waals surface area (Å²) in [7, 11) is 0.